The number of carboxylic acids is 1. The van der Waals surface area contributed by atoms with Crippen LogP contribution in [0.15, 0.2) is 24.3 Å². The summed E-state index contributed by atoms with van der Waals surface area (Å²) in [7, 11) is 0. The molecule has 0 spiro atoms. The summed E-state index contributed by atoms with van der Waals surface area (Å²) in [5.74, 6) is -3.32. The van der Waals surface area contributed by atoms with Gasteiger partial charge >= 0.3 is 5.97 Å². The third-order valence-electron chi connectivity index (χ3n) is 7.21. The van der Waals surface area contributed by atoms with E-state index in [0.29, 0.717) is 44.3 Å². The lowest BCUT2D eigenvalue weighted by molar-refractivity contribution is -0.142. The first kappa shape index (κ1) is 34.5. The molecule has 0 aliphatic carbocycles. The smallest absolute Gasteiger partial charge is 0.326 e. The normalized spacial score (nSPS) is 17.7. The first-order valence-electron chi connectivity index (χ1n) is 14.5. The number of unbranched alkanes of at least 4 members (excludes halogenated alkanes) is 1. The molecule has 0 unspecified atom stereocenters. The molecule has 0 aromatic heterocycles. The number of benzene rings is 1. The van der Waals surface area contributed by atoms with Crippen molar-refractivity contribution in [3.8, 4) is 5.75 Å². The van der Waals surface area contributed by atoms with Gasteiger partial charge in [0.05, 0.1) is 6.04 Å². The lowest BCUT2D eigenvalue weighted by atomic mass is 10.0. The molecule has 1 aliphatic heterocycles. The Labute approximate surface area is 246 Å². The van der Waals surface area contributed by atoms with Gasteiger partial charge in [0.25, 0.3) is 0 Å². The minimum absolute atomic E-state index is 0.0173. The fraction of sp³-hybridized carbons (Fsp3) is 0.621. The van der Waals surface area contributed by atoms with Crippen LogP contribution >= 0.6 is 0 Å². The molecule has 13 nitrogen and oxygen atoms in total. The molecule has 0 bridgehead atoms. The zero-order valence-electron chi connectivity index (χ0n) is 24.7. The van der Waals surface area contributed by atoms with Crippen molar-refractivity contribution in [2.24, 2.45) is 17.4 Å². The Balaban J connectivity index is 2.15. The molecule has 1 saturated heterocycles. The highest BCUT2D eigenvalue weighted by atomic mass is 16.4. The van der Waals surface area contributed by atoms with Gasteiger partial charge in [-0.1, -0.05) is 32.4 Å². The Kier molecular flexibility index (Phi) is 13.7. The average Bonchev–Trinajstić information content (AvgIpc) is 3.43. The molecular weight excluding hydrogens is 544 g/mol. The first-order chi connectivity index (χ1) is 19.8. The molecule has 4 amide bonds. The number of aromatic hydroxyl groups is 1. The number of phenols is 1. The summed E-state index contributed by atoms with van der Waals surface area (Å²) in [6.45, 7) is 5.95. The Morgan fingerprint density at radius 2 is 1.64 bits per heavy atom. The van der Waals surface area contributed by atoms with E-state index in [-0.39, 0.29) is 30.4 Å². The summed E-state index contributed by atoms with van der Waals surface area (Å²) >= 11 is 0. The minimum Gasteiger partial charge on any atom is -0.508 e. The summed E-state index contributed by atoms with van der Waals surface area (Å²) in [5.41, 5.74) is 12.3. The predicted octanol–water partition coefficient (Wildman–Crippen LogP) is -0.0130. The van der Waals surface area contributed by atoms with Crippen LogP contribution < -0.4 is 27.4 Å². The third-order valence-corrected chi connectivity index (χ3v) is 7.21. The topological polar surface area (TPSA) is 217 Å². The van der Waals surface area contributed by atoms with Crippen molar-refractivity contribution in [3.63, 3.8) is 0 Å². The number of rotatable bonds is 16. The van der Waals surface area contributed by atoms with Crippen LogP contribution in [0, 0.1) is 5.92 Å². The van der Waals surface area contributed by atoms with E-state index < -0.39 is 53.9 Å². The van der Waals surface area contributed by atoms with E-state index in [2.05, 4.69) is 16.0 Å². The van der Waals surface area contributed by atoms with Gasteiger partial charge in [0, 0.05) is 13.0 Å². The Morgan fingerprint density at radius 1 is 0.976 bits per heavy atom. The molecular formula is C29H46N6O7. The van der Waals surface area contributed by atoms with E-state index in [4.69, 9.17) is 11.5 Å². The quantitative estimate of drug-likeness (QED) is 0.129. The Hall–Kier alpha value is -3.71. The minimum atomic E-state index is -1.18. The number of hydrogen-bond acceptors (Lipinski definition) is 8. The van der Waals surface area contributed by atoms with Crippen molar-refractivity contribution in [2.45, 2.75) is 95.9 Å². The van der Waals surface area contributed by atoms with Gasteiger partial charge in [-0.15, -0.1) is 0 Å². The molecule has 1 aromatic carbocycles. The second-order valence-electron chi connectivity index (χ2n) is 11.3. The van der Waals surface area contributed by atoms with Crippen molar-refractivity contribution < 1.29 is 34.2 Å². The van der Waals surface area contributed by atoms with Gasteiger partial charge in [0.2, 0.25) is 23.6 Å². The molecule has 13 heteroatoms. The third kappa shape index (κ3) is 10.6. The lowest BCUT2D eigenvalue weighted by Crippen LogP contribution is -2.58. The maximum absolute atomic E-state index is 13.4. The molecule has 0 saturated carbocycles. The molecule has 2 rings (SSSR count). The fourth-order valence-corrected chi connectivity index (χ4v) is 4.86. The molecule has 42 heavy (non-hydrogen) atoms. The van der Waals surface area contributed by atoms with Crippen LogP contribution in [0.4, 0.5) is 0 Å². The van der Waals surface area contributed by atoms with Crippen LogP contribution in [-0.2, 0) is 30.4 Å². The molecule has 1 aliphatic rings. The van der Waals surface area contributed by atoms with Gasteiger partial charge in [0.15, 0.2) is 0 Å². The summed E-state index contributed by atoms with van der Waals surface area (Å²) in [6, 6.07) is 1.21. The Bertz CT molecular complexity index is 1080. The summed E-state index contributed by atoms with van der Waals surface area (Å²) in [4.78, 5) is 65.6. The molecule has 1 fully saturated rings. The number of amides is 4. The second kappa shape index (κ2) is 16.7. The van der Waals surface area contributed by atoms with Gasteiger partial charge in [-0.2, -0.15) is 0 Å². The highest BCUT2D eigenvalue weighted by Gasteiger charge is 2.38. The van der Waals surface area contributed by atoms with Crippen LogP contribution in [0.1, 0.15) is 64.9 Å². The average molecular weight is 591 g/mol. The zero-order chi connectivity index (χ0) is 31.4. The lowest BCUT2D eigenvalue weighted by Gasteiger charge is -2.29. The van der Waals surface area contributed by atoms with Gasteiger partial charge in [-0.05, 0) is 69.2 Å². The highest BCUT2D eigenvalue weighted by Crippen LogP contribution is 2.20. The van der Waals surface area contributed by atoms with Crippen molar-refractivity contribution in [3.05, 3.63) is 29.8 Å². The number of carboxylic acid groups (broad SMARTS) is 1. The van der Waals surface area contributed by atoms with Gasteiger partial charge in [-0.25, -0.2) is 4.79 Å². The van der Waals surface area contributed by atoms with Gasteiger partial charge in [-0.3, -0.25) is 19.2 Å². The molecule has 1 heterocycles. The maximum Gasteiger partial charge on any atom is 0.326 e. The van der Waals surface area contributed by atoms with Gasteiger partial charge in [0.1, 0.15) is 29.9 Å². The maximum atomic E-state index is 13.4. The van der Waals surface area contributed by atoms with Crippen LogP contribution in [0.3, 0.4) is 0 Å². The number of phenolic OH excluding ortho intramolecular Hbond substituents is 1. The van der Waals surface area contributed by atoms with Crippen molar-refractivity contribution in [1.29, 1.82) is 0 Å². The second-order valence-corrected chi connectivity index (χ2v) is 11.3. The standard InChI is InChI=1S/C29H46N6O7/c1-17(2)15-23(29(41)42)34-25(37)18(3)32-26(38)22(16-19-9-11-20(36)12-10-19)33-27(39)24-8-6-14-35(24)28(40)21(31)7-4-5-13-30/h9-12,17-18,21-24,36H,4-8,13-16,30-31H2,1-3H3,(H,32,38)(H,33,39)(H,34,37)(H,41,42)/t18-,21-,22-,23-,24-/m0/s1. The largest absolute Gasteiger partial charge is 0.508 e. The summed E-state index contributed by atoms with van der Waals surface area (Å²) < 4.78 is 0. The number of hydrogen-bond donors (Lipinski definition) is 7. The molecule has 9 N–H and O–H groups in total. The van der Waals surface area contributed by atoms with Gasteiger partial charge < -0.3 is 42.5 Å². The fourth-order valence-electron chi connectivity index (χ4n) is 4.86. The van der Waals surface area contributed by atoms with E-state index >= 15 is 0 Å². The van der Waals surface area contributed by atoms with Crippen LogP contribution in [0.5, 0.6) is 5.75 Å². The van der Waals surface area contributed by atoms with Crippen molar-refractivity contribution in [1.82, 2.24) is 20.9 Å². The molecule has 0 radical (unpaired) electrons. The highest BCUT2D eigenvalue weighted by molar-refractivity contribution is 5.95. The van der Waals surface area contributed by atoms with Crippen molar-refractivity contribution >= 4 is 29.6 Å². The van der Waals surface area contributed by atoms with E-state index in [1.54, 1.807) is 12.1 Å². The summed E-state index contributed by atoms with van der Waals surface area (Å²) in [6.07, 6.45) is 3.15. The van der Waals surface area contributed by atoms with E-state index in [0.717, 1.165) is 6.42 Å². The number of carbonyl (C=O) groups excluding carboxylic acids is 4. The number of nitrogens with two attached hydrogens (primary N) is 2. The first-order valence-corrected chi connectivity index (χ1v) is 14.5. The van der Waals surface area contributed by atoms with E-state index in [1.165, 1.54) is 24.0 Å². The van der Waals surface area contributed by atoms with Crippen LogP contribution in [0.2, 0.25) is 0 Å². The monoisotopic (exact) mass is 590 g/mol. The molecule has 1 aromatic rings. The van der Waals surface area contributed by atoms with Crippen molar-refractivity contribution in [2.75, 3.05) is 13.1 Å². The van der Waals surface area contributed by atoms with Crippen LogP contribution in [0.25, 0.3) is 0 Å². The molecule has 5 atom stereocenters. The number of aliphatic carboxylic acids is 1. The van der Waals surface area contributed by atoms with Crippen LogP contribution in [-0.4, -0.2) is 88.0 Å². The van der Waals surface area contributed by atoms with E-state index in [1.807, 2.05) is 13.8 Å². The van der Waals surface area contributed by atoms with E-state index in [9.17, 15) is 34.2 Å². The molecule has 234 valence electrons. The summed E-state index contributed by atoms with van der Waals surface area (Å²) in [5, 5.41) is 26.8. The number of likely N-dealkylation sites (tertiary alicyclic amines) is 1. The number of nitrogens with zero attached hydrogens (tertiary/aromatic N) is 1. The predicted molar refractivity (Wildman–Crippen MR) is 156 cm³/mol. The Morgan fingerprint density at radius 3 is 2.24 bits per heavy atom. The SMILES string of the molecule is CC(C)C[C@H](NC(=O)[C@H](C)NC(=O)[C@H](Cc1ccc(O)cc1)NC(=O)[C@@H]1CCCN1C(=O)[C@@H](N)CCCCN)C(=O)O. The number of carbonyl (C=O) groups is 5. The zero-order valence-corrected chi connectivity index (χ0v) is 24.7. The number of nitrogens with one attached hydrogen (secondary N) is 3.